The van der Waals surface area contributed by atoms with Crippen LogP contribution in [0.1, 0.15) is 49.3 Å². The highest BCUT2D eigenvalue weighted by molar-refractivity contribution is 5.92. The van der Waals surface area contributed by atoms with E-state index in [0.717, 1.165) is 25.0 Å². The topological polar surface area (TPSA) is 75.2 Å². The molecule has 6 nitrogen and oxygen atoms in total. The third-order valence-electron chi connectivity index (χ3n) is 4.10. The molecule has 2 amide bonds. The molecule has 1 aliphatic heterocycles. The molecule has 1 fully saturated rings. The number of hydrogen-bond donors (Lipinski definition) is 1. The van der Waals surface area contributed by atoms with Crippen LogP contribution in [0.3, 0.4) is 0 Å². The van der Waals surface area contributed by atoms with Crippen molar-refractivity contribution in [1.29, 1.82) is 0 Å². The van der Waals surface area contributed by atoms with Crippen molar-refractivity contribution < 1.29 is 9.59 Å². The normalized spacial score (nSPS) is 18.1. The Kier molecular flexibility index (Phi) is 6.07. The van der Waals surface area contributed by atoms with Gasteiger partial charge in [0.1, 0.15) is 5.69 Å². The zero-order chi connectivity index (χ0) is 16.8. The maximum absolute atomic E-state index is 12.5. The number of aryl methyl sites for hydroxylation is 1. The van der Waals surface area contributed by atoms with Crippen LogP contribution in [0.15, 0.2) is 12.4 Å². The number of likely N-dealkylation sites (tertiary alicyclic amines) is 1. The molecule has 6 heteroatoms. The van der Waals surface area contributed by atoms with Crippen molar-refractivity contribution in [1.82, 2.24) is 20.2 Å². The first-order valence-electron chi connectivity index (χ1n) is 8.33. The molecular formula is C17H26N4O2. The molecular weight excluding hydrogens is 292 g/mol. The van der Waals surface area contributed by atoms with Gasteiger partial charge in [-0.15, -0.1) is 0 Å². The van der Waals surface area contributed by atoms with E-state index in [9.17, 15) is 9.59 Å². The lowest BCUT2D eigenvalue weighted by molar-refractivity contribution is -0.126. The predicted molar refractivity (Wildman–Crippen MR) is 87.9 cm³/mol. The third kappa shape index (κ3) is 5.01. The second-order valence-corrected chi connectivity index (χ2v) is 6.61. The van der Waals surface area contributed by atoms with Crippen LogP contribution in [0.4, 0.5) is 0 Å². The highest BCUT2D eigenvalue weighted by Gasteiger charge is 2.29. The second kappa shape index (κ2) is 8.04. The Morgan fingerprint density at radius 2 is 2.13 bits per heavy atom. The van der Waals surface area contributed by atoms with Crippen LogP contribution in [0.5, 0.6) is 0 Å². The van der Waals surface area contributed by atoms with Crippen molar-refractivity contribution in [2.45, 2.75) is 40.0 Å². The number of aromatic nitrogens is 2. The molecule has 1 aliphatic rings. The van der Waals surface area contributed by atoms with E-state index in [-0.39, 0.29) is 17.7 Å². The summed E-state index contributed by atoms with van der Waals surface area (Å²) in [5.74, 6) is 0.355. The average Bonchev–Trinajstić information content (AvgIpc) is 2.54. The minimum Gasteiger partial charge on any atom is -0.356 e. The minimum absolute atomic E-state index is 0.0538. The number of rotatable bonds is 5. The van der Waals surface area contributed by atoms with E-state index in [0.29, 0.717) is 31.2 Å². The predicted octanol–water partition coefficient (Wildman–Crippen LogP) is 1.80. The molecule has 1 aromatic rings. The van der Waals surface area contributed by atoms with Crippen molar-refractivity contribution in [3.05, 3.63) is 23.8 Å². The lowest BCUT2D eigenvalue weighted by Crippen LogP contribution is -2.45. The van der Waals surface area contributed by atoms with Gasteiger partial charge in [0.2, 0.25) is 5.91 Å². The summed E-state index contributed by atoms with van der Waals surface area (Å²) >= 11 is 0. The van der Waals surface area contributed by atoms with E-state index in [2.05, 4.69) is 29.1 Å². The van der Waals surface area contributed by atoms with Gasteiger partial charge in [-0.25, -0.2) is 4.98 Å². The first kappa shape index (κ1) is 17.4. The van der Waals surface area contributed by atoms with Crippen LogP contribution in [-0.2, 0) is 4.79 Å². The van der Waals surface area contributed by atoms with Gasteiger partial charge in [-0.05, 0) is 32.1 Å². The third-order valence-corrected chi connectivity index (χ3v) is 4.10. The molecule has 0 radical (unpaired) electrons. The Hall–Kier alpha value is -1.98. The number of carbonyl (C=O) groups excluding carboxylic acids is 2. The van der Waals surface area contributed by atoms with E-state index < -0.39 is 0 Å². The van der Waals surface area contributed by atoms with Gasteiger partial charge in [-0.3, -0.25) is 14.6 Å². The molecule has 2 rings (SSSR count). The highest BCUT2D eigenvalue weighted by Crippen LogP contribution is 2.18. The van der Waals surface area contributed by atoms with Crippen molar-refractivity contribution in [2.75, 3.05) is 19.6 Å². The maximum Gasteiger partial charge on any atom is 0.274 e. The first-order valence-corrected chi connectivity index (χ1v) is 8.33. The molecule has 0 aliphatic carbocycles. The molecule has 0 bridgehead atoms. The highest BCUT2D eigenvalue weighted by atomic mass is 16.2. The SMILES string of the molecule is Cc1cnc(C(=O)N2CCC[C@H](C(=O)NCCC(C)C)C2)cn1. The molecule has 1 atom stereocenters. The Bertz CT molecular complexity index is 542. The fraction of sp³-hybridized carbons (Fsp3) is 0.647. The van der Waals surface area contributed by atoms with Crippen molar-refractivity contribution >= 4 is 11.8 Å². The van der Waals surface area contributed by atoms with Crippen molar-refractivity contribution in [3.63, 3.8) is 0 Å². The van der Waals surface area contributed by atoms with Gasteiger partial charge in [0.15, 0.2) is 0 Å². The Labute approximate surface area is 137 Å². The monoisotopic (exact) mass is 318 g/mol. The van der Waals surface area contributed by atoms with Crippen LogP contribution in [-0.4, -0.2) is 46.3 Å². The van der Waals surface area contributed by atoms with Gasteiger partial charge in [0, 0.05) is 25.8 Å². The zero-order valence-electron chi connectivity index (χ0n) is 14.2. The molecule has 0 saturated carbocycles. The average molecular weight is 318 g/mol. The minimum atomic E-state index is -0.141. The maximum atomic E-state index is 12.5. The zero-order valence-corrected chi connectivity index (χ0v) is 14.2. The van der Waals surface area contributed by atoms with Crippen LogP contribution >= 0.6 is 0 Å². The molecule has 0 aromatic carbocycles. The molecule has 1 saturated heterocycles. The lowest BCUT2D eigenvalue weighted by Gasteiger charge is -2.31. The molecule has 0 spiro atoms. The summed E-state index contributed by atoms with van der Waals surface area (Å²) in [4.78, 5) is 34.7. The summed E-state index contributed by atoms with van der Waals surface area (Å²) in [6.45, 7) is 7.93. The van der Waals surface area contributed by atoms with E-state index in [1.165, 1.54) is 6.20 Å². The van der Waals surface area contributed by atoms with E-state index >= 15 is 0 Å². The second-order valence-electron chi connectivity index (χ2n) is 6.61. The number of amides is 2. The van der Waals surface area contributed by atoms with Crippen molar-refractivity contribution in [3.8, 4) is 0 Å². The number of hydrogen-bond acceptors (Lipinski definition) is 4. The van der Waals surface area contributed by atoms with Gasteiger partial charge < -0.3 is 10.2 Å². The molecule has 1 N–H and O–H groups in total. The molecule has 23 heavy (non-hydrogen) atoms. The summed E-state index contributed by atoms with van der Waals surface area (Å²) < 4.78 is 0. The Morgan fingerprint density at radius 3 is 2.78 bits per heavy atom. The van der Waals surface area contributed by atoms with Crippen LogP contribution in [0.2, 0.25) is 0 Å². The van der Waals surface area contributed by atoms with E-state index in [4.69, 9.17) is 0 Å². The van der Waals surface area contributed by atoms with Gasteiger partial charge in [-0.2, -0.15) is 0 Å². The molecule has 1 aromatic heterocycles. The van der Waals surface area contributed by atoms with Gasteiger partial charge in [-0.1, -0.05) is 13.8 Å². The molecule has 2 heterocycles. The van der Waals surface area contributed by atoms with Gasteiger partial charge >= 0.3 is 0 Å². The summed E-state index contributed by atoms with van der Waals surface area (Å²) in [6, 6.07) is 0. The molecule has 0 unspecified atom stereocenters. The number of carbonyl (C=O) groups is 2. The molecule has 126 valence electrons. The number of nitrogens with zero attached hydrogens (tertiary/aromatic N) is 3. The van der Waals surface area contributed by atoms with E-state index in [1.807, 2.05) is 6.92 Å². The van der Waals surface area contributed by atoms with Crippen LogP contribution < -0.4 is 5.32 Å². The standard InChI is InChI=1S/C17H26N4O2/c1-12(2)6-7-18-16(22)14-5-4-8-21(11-14)17(23)15-10-19-13(3)9-20-15/h9-10,12,14H,4-8,11H2,1-3H3,(H,18,22)/t14-/m0/s1. The number of nitrogens with one attached hydrogen (secondary N) is 1. The Balaban J connectivity index is 1.91. The van der Waals surface area contributed by atoms with Crippen LogP contribution in [0, 0.1) is 18.8 Å². The largest absolute Gasteiger partial charge is 0.356 e. The van der Waals surface area contributed by atoms with Gasteiger partial charge in [0.05, 0.1) is 17.8 Å². The van der Waals surface area contributed by atoms with Crippen molar-refractivity contribution in [2.24, 2.45) is 11.8 Å². The summed E-state index contributed by atoms with van der Waals surface area (Å²) in [6.07, 6.45) is 5.74. The summed E-state index contributed by atoms with van der Waals surface area (Å²) in [7, 11) is 0. The first-order chi connectivity index (χ1) is 11.0. The quantitative estimate of drug-likeness (QED) is 0.898. The Morgan fingerprint density at radius 1 is 1.35 bits per heavy atom. The summed E-state index contributed by atoms with van der Waals surface area (Å²) in [5.41, 5.74) is 1.12. The van der Waals surface area contributed by atoms with Crippen LogP contribution in [0.25, 0.3) is 0 Å². The summed E-state index contributed by atoms with van der Waals surface area (Å²) in [5, 5.41) is 2.99. The smallest absolute Gasteiger partial charge is 0.274 e. The number of piperidine rings is 1. The van der Waals surface area contributed by atoms with E-state index in [1.54, 1.807) is 11.1 Å². The fourth-order valence-electron chi connectivity index (χ4n) is 2.67. The fourth-order valence-corrected chi connectivity index (χ4v) is 2.67. The van der Waals surface area contributed by atoms with Gasteiger partial charge in [0.25, 0.3) is 5.91 Å². The lowest BCUT2D eigenvalue weighted by atomic mass is 9.96.